The van der Waals surface area contributed by atoms with Crippen molar-refractivity contribution in [2.75, 3.05) is 13.1 Å². The van der Waals surface area contributed by atoms with Crippen LogP contribution in [0.25, 0.3) is 0 Å². The topological polar surface area (TPSA) is 49.8 Å². The number of aliphatic hydroxyl groups is 1. The summed E-state index contributed by atoms with van der Waals surface area (Å²) in [6, 6.07) is 0. The highest BCUT2D eigenvalue weighted by atomic mass is 19.3. The average molecular weight is 279 g/mol. The molecule has 1 saturated heterocycles. The molecule has 112 valence electrons. The van der Waals surface area contributed by atoms with E-state index in [-0.39, 0.29) is 25.3 Å². The third-order valence-corrected chi connectivity index (χ3v) is 3.09. The van der Waals surface area contributed by atoms with Crippen LogP contribution in [0.15, 0.2) is 0 Å². The molecule has 19 heavy (non-hydrogen) atoms. The average Bonchev–Trinajstić information content (AvgIpc) is 2.34. The fourth-order valence-corrected chi connectivity index (χ4v) is 2.05. The van der Waals surface area contributed by atoms with Gasteiger partial charge in [0.1, 0.15) is 5.60 Å². The third kappa shape index (κ3) is 5.30. The Kier molecular flexibility index (Phi) is 4.76. The van der Waals surface area contributed by atoms with E-state index in [9.17, 15) is 18.7 Å². The number of carbonyl (C=O) groups is 1. The van der Waals surface area contributed by atoms with E-state index in [0.29, 0.717) is 0 Å². The Morgan fingerprint density at radius 2 is 2.05 bits per heavy atom. The van der Waals surface area contributed by atoms with Gasteiger partial charge in [-0.1, -0.05) is 0 Å². The van der Waals surface area contributed by atoms with Crippen LogP contribution in [0.1, 0.15) is 40.5 Å². The Morgan fingerprint density at radius 1 is 1.47 bits per heavy atom. The van der Waals surface area contributed by atoms with Gasteiger partial charge in [0.2, 0.25) is 0 Å². The molecule has 0 aromatic carbocycles. The lowest BCUT2D eigenvalue weighted by atomic mass is 9.97. The molecule has 1 amide bonds. The van der Waals surface area contributed by atoms with Gasteiger partial charge in [-0.05, 0) is 34.1 Å². The van der Waals surface area contributed by atoms with E-state index >= 15 is 0 Å². The SMILES string of the molecule is CC(O)[C@H]1CCC(F)(F)CN(C(=O)OC(C)(C)C)C1. The van der Waals surface area contributed by atoms with Gasteiger partial charge in [-0.15, -0.1) is 0 Å². The van der Waals surface area contributed by atoms with Gasteiger partial charge in [0.05, 0.1) is 12.6 Å². The Hall–Kier alpha value is -0.910. The molecule has 0 aliphatic carbocycles. The van der Waals surface area contributed by atoms with Crippen molar-refractivity contribution in [3.8, 4) is 0 Å². The fraction of sp³-hybridized carbons (Fsp3) is 0.923. The number of likely N-dealkylation sites (tertiary alicyclic amines) is 1. The number of hydrogen-bond acceptors (Lipinski definition) is 3. The minimum Gasteiger partial charge on any atom is -0.444 e. The minimum absolute atomic E-state index is 0.0994. The first-order chi connectivity index (χ1) is 8.50. The molecule has 1 aliphatic rings. The van der Waals surface area contributed by atoms with Crippen molar-refractivity contribution >= 4 is 6.09 Å². The van der Waals surface area contributed by atoms with Crippen molar-refractivity contribution in [2.24, 2.45) is 5.92 Å². The second-order valence-corrected chi connectivity index (χ2v) is 6.26. The number of amides is 1. The van der Waals surface area contributed by atoms with Crippen molar-refractivity contribution in [1.29, 1.82) is 0 Å². The van der Waals surface area contributed by atoms with Gasteiger partial charge >= 0.3 is 6.09 Å². The van der Waals surface area contributed by atoms with E-state index < -0.39 is 30.3 Å². The Bertz CT molecular complexity index is 326. The highest BCUT2D eigenvalue weighted by molar-refractivity contribution is 5.68. The Labute approximate surface area is 112 Å². The summed E-state index contributed by atoms with van der Waals surface area (Å²) in [5, 5.41) is 9.58. The normalized spacial score (nSPS) is 25.6. The molecule has 1 N–H and O–H groups in total. The zero-order valence-corrected chi connectivity index (χ0v) is 11.9. The maximum atomic E-state index is 13.6. The van der Waals surface area contributed by atoms with Crippen LogP contribution in [-0.4, -0.2) is 46.8 Å². The molecule has 1 heterocycles. The molecule has 1 unspecified atom stereocenters. The number of hydrogen-bond donors (Lipinski definition) is 1. The monoisotopic (exact) mass is 279 g/mol. The van der Waals surface area contributed by atoms with Crippen molar-refractivity contribution in [3.63, 3.8) is 0 Å². The van der Waals surface area contributed by atoms with Gasteiger partial charge in [0.25, 0.3) is 5.92 Å². The standard InChI is InChI=1S/C13H23F2NO3/c1-9(17)10-5-6-13(14,15)8-16(7-10)11(18)19-12(2,3)4/h9-10,17H,5-8H2,1-4H3/t9?,10-/m0/s1. The van der Waals surface area contributed by atoms with E-state index in [0.717, 1.165) is 4.90 Å². The molecular formula is C13H23F2NO3. The van der Waals surface area contributed by atoms with Crippen molar-refractivity contribution in [3.05, 3.63) is 0 Å². The first-order valence-corrected chi connectivity index (χ1v) is 6.54. The summed E-state index contributed by atoms with van der Waals surface area (Å²) in [4.78, 5) is 12.9. The number of alkyl halides is 2. The van der Waals surface area contributed by atoms with Gasteiger partial charge in [0, 0.05) is 18.9 Å². The van der Waals surface area contributed by atoms with Crippen LogP contribution >= 0.6 is 0 Å². The van der Waals surface area contributed by atoms with Crippen LogP contribution in [0.4, 0.5) is 13.6 Å². The summed E-state index contributed by atoms with van der Waals surface area (Å²) in [5.74, 6) is -3.28. The second-order valence-electron chi connectivity index (χ2n) is 6.26. The molecule has 0 saturated carbocycles. The molecule has 1 aliphatic heterocycles. The van der Waals surface area contributed by atoms with E-state index in [4.69, 9.17) is 4.74 Å². The third-order valence-electron chi connectivity index (χ3n) is 3.09. The molecule has 4 nitrogen and oxygen atoms in total. The van der Waals surface area contributed by atoms with E-state index in [1.807, 2.05) is 0 Å². The second kappa shape index (κ2) is 5.61. The summed E-state index contributed by atoms with van der Waals surface area (Å²) >= 11 is 0. The number of aliphatic hydroxyl groups excluding tert-OH is 1. The zero-order chi connectivity index (χ0) is 14.8. The van der Waals surface area contributed by atoms with E-state index in [1.54, 1.807) is 27.7 Å². The van der Waals surface area contributed by atoms with Crippen LogP contribution in [0, 0.1) is 5.92 Å². The molecule has 6 heteroatoms. The predicted octanol–water partition coefficient (Wildman–Crippen LogP) is 2.65. The van der Waals surface area contributed by atoms with Crippen LogP contribution in [0.3, 0.4) is 0 Å². The Morgan fingerprint density at radius 3 is 2.53 bits per heavy atom. The first-order valence-electron chi connectivity index (χ1n) is 6.54. The summed E-state index contributed by atoms with van der Waals surface area (Å²) in [5.41, 5.74) is -0.723. The number of ether oxygens (including phenoxy) is 1. The van der Waals surface area contributed by atoms with Crippen LogP contribution < -0.4 is 0 Å². The molecule has 2 atom stereocenters. The Balaban J connectivity index is 2.80. The summed E-state index contributed by atoms with van der Waals surface area (Å²) < 4.78 is 32.4. The highest BCUT2D eigenvalue weighted by Crippen LogP contribution is 2.30. The smallest absolute Gasteiger partial charge is 0.410 e. The largest absolute Gasteiger partial charge is 0.444 e. The number of nitrogens with zero attached hydrogens (tertiary/aromatic N) is 1. The van der Waals surface area contributed by atoms with Crippen molar-refractivity contribution < 1.29 is 23.4 Å². The van der Waals surface area contributed by atoms with E-state index in [1.165, 1.54) is 0 Å². The van der Waals surface area contributed by atoms with Crippen LogP contribution in [0.2, 0.25) is 0 Å². The summed E-state index contributed by atoms with van der Waals surface area (Å²) in [6.07, 6.45) is -1.59. The van der Waals surface area contributed by atoms with Gasteiger partial charge in [-0.3, -0.25) is 0 Å². The quantitative estimate of drug-likeness (QED) is 0.802. The predicted molar refractivity (Wildman–Crippen MR) is 67.2 cm³/mol. The van der Waals surface area contributed by atoms with E-state index in [2.05, 4.69) is 0 Å². The van der Waals surface area contributed by atoms with Crippen LogP contribution in [-0.2, 0) is 4.74 Å². The van der Waals surface area contributed by atoms with Crippen molar-refractivity contribution in [2.45, 2.75) is 58.2 Å². The highest BCUT2D eigenvalue weighted by Gasteiger charge is 2.40. The lowest BCUT2D eigenvalue weighted by Crippen LogP contribution is -2.44. The maximum absolute atomic E-state index is 13.6. The van der Waals surface area contributed by atoms with Gasteiger partial charge in [0.15, 0.2) is 0 Å². The van der Waals surface area contributed by atoms with Crippen molar-refractivity contribution in [1.82, 2.24) is 4.90 Å². The van der Waals surface area contributed by atoms with Gasteiger partial charge < -0.3 is 14.7 Å². The first kappa shape index (κ1) is 16.1. The summed E-state index contributed by atoms with van der Waals surface area (Å²) in [6.45, 7) is 6.07. The molecular weight excluding hydrogens is 256 g/mol. The lowest BCUT2D eigenvalue weighted by molar-refractivity contribution is -0.0389. The molecule has 0 spiro atoms. The van der Waals surface area contributed by atoms with Gasteiger partial charge in [-0.25, -0.2) is 13.6 Å². The lowest BCUT2D eigenvalue weighted by Gasteiger charge is -2.29. The molecule has 0 bridgehead atoms. The van der Waals surface area contributed by atoms with Gasteiger partial charge in [-0.2, -0.15) is 0 Å². The molecule has 0 radical (unpaired) electrons. The number of halogens is 2. The maximum Gasteiger partial charge on any atom is 0.410 e. The van der Waals surface area contributed by atoms with Crippen LogP contribution in [0.5, 0.6) is 0 Å². The molecule has 0 aromatic heterocycles. The summed E-state index contributed by atoms with van der Waals surface area (Å²) in [7, 11) is 0. The fourth-order valence-electron chi connectivity index (χ4n) is 2.05. The number of carbonyl (C=O) groups excluding carboxylic acids is 1. The molecule has 0 aromatic rings. The minimum atomic E-state index is -2.93. The molecule has 1 rings (SSSR count). The molecule has 1 fully saturated rings. The number of rotatable bonds is 1. The zero-order valence-electron chi connectivity index (χ0n) is 11.9.